The van der Waals surface area contributed by atoms with Gasteiger partial charge in [0.25, 0.3) is 0 Å². The Balaban J connectivity index is 2.99. The van der Waals surface area contributed by atoms with Crippen molar-refractivity contribution >= 4 is 5.97 Å². The lowest BCUT2D eigenvalue weighted by atomic mass is 10.2. The van der Waals surface area contributed by atoms with E-state index in [4.69, 9.17) is 14.6 Å². The van der Waals surface area contributed by atoms with Crippen LogP contribution in [0.25, 0.3) is 0 Å². The summed E-state index contributed by atoms with van der Waals surface area (Å²) in [4.78, 5) is 10.7. The standard InChI is InChI=1S/C15H28O4/c1-2-15(17)19-14-10-6-5-9-13-18-12-8-4-3-7-11-16/h2,16H,1,3-14H2. The van der Waals surface area contributed by atoms with Gasteiger partial charge in [0, 0.05) is 25.9 Å². The second-order valence-corrected chi connectivity index (χ2v) is 4.54. The van der Waals surface area contributed by atoms with Crippen molar-refractivity contribution in [3.8, 4) is 0 Å². The fourth-order valence-electron chi connectivity index (χ4n) is 1.66. The Morgan fingerprint density at radius 2 is 1.42 bits per heavy atom. The molecule has 0 saturated heterocycles. The van der Waals surface area contributed by atoms with Gasteiger partial charge in [0.2, 0.25) is 0 Å². The van der Waals surface area contributed by atoms with Crippen molar-refractivity contribution in [3.63, 3.8) is 0 Å². The van der Waals surface area contributed by atoms with E-state index in [1.807, 2.05) is 0 Å². The maximum absolute atomic E-state index is 10.7. The Hall–Kier alpha value is -0.870. The zero-order chi connectivity index (χ0) is 14.2. The number of aliphatic hydroxyl groups excluding tert-OH is 1. The Morgan fingerprint density at radius 1 is 0.895 bits per heavy atom. The van der Waals surface area contributed by atoms with E-state index in [-0.39, 0.29) is 5.97 Å². The molecule has 0 amide bonds. The van der Waals surface area contributed by atoms with Gasteiger partial charge in [0.15, 0.2) is 0 Å². The van der Waals surface area contributed by atoms with Crippen LogP contribution in [0.4, 0.5) is 0 Å². The zero-order valence-electron chi connectivity index (χ0n) is 11.9. The molecule has 0 aromatic carbocycles. The molecule has 0 radical (unpaired) electrons. The van der Waals surface area contributed by atoms with Gasteiger partial charge in [0.05, 0.1) is 6.61 Å². The van der Waals surface area contributed by atoms with Gasteiger partial charge in [-0.15, -0.1) is 0 Å². The molecule has 4 nitrogen and oxygen atoms in total. The van der Waals surface area contributed by atoms with Crippen molar-refractivity contribution in [3.05, 3.63) is 12.7 Å². The first kappa shape index (κ1) is 18.1. The Labute approximate surface area is 116 Å². The Kier molecular flexibility index (Phi) is 14.5. The largest absolute Gasteiger partial charge is 0.463 e. The number of unbranched alkanes of at least 4 members (excludes halogenated alkanes) is 6. The Bertz CT molecular complexity index is 216. The van der Waals surface area contributed by atoms with Gasteiger partial charge in [-0.1, -0.05) is 25.8 Å². The lowest BCUT2D eigenvalue weighted by Gasteiger charge is -2.04. The monoisotopic (exact) mass is 272 g/mol. The molecule has 0 fully saturated rings. The highest BCUT2D eigenvalue weighted by Crippen LogP contribution is 2.03. The molecule has 0 saturated carbocycles. The predicted octanol–water partition coefficient (Wildman–Crippen LogP) is 2.85. The van der Waals surface area contributed by atoms with Crippen molar-refractivity contribution in [1.82, 2.24) is 0 Å². The average Bonchev–Trinajstić information content (AvgIpc) is 2.43. The molecule has 0 aromatic heterocycles. The molecule has 0 aliphatic carbocycles. The second kappa shape index (κ2) is 15.2. The first-order valence-electron chi connectivity index (χ1n) is 7.29. The van der Waals surface area contributed by atoms with Crippen molar-refractivity contribution in [2.24, 2.45) is 0 Å². The topological polar surface area (TPSA) is 55.8 Å². The number of hydrogen-bond donors (Lipinski definition) is 1. The van der Waals surface area contributed by atoms with Crippen LogP contribution in [0.15, 0.2) is 12.7 Å². The van der Waals surface area contributed by atoms with E-state index < -0.39 is 0 Å². The van der Waals surface area contributed by atoms with Crippen LogP contribution in [0.3, 0.4) is 0 Å². The third-order valence-corrected chi connectivity index (χ3v) is 2.79. The van der Waals surface area contributed by atoms with Gasteiger partial charge >= 0.3 is 5.97 Å². The highest BCUT2D eigenvalue weighted by molar-refractivity contribution is 5.81. The highest BCUT2D eigenvalue weighted by Gasteiger charge is 1.96. The molecule has 0 aliphatic heterocycles. The van der Waals surface area contributed by atoms with E-state index in [0.717, 1.165) is 64.6 Å². The smallest absolute Gasteiger partial charge is 0.330 e. The zero-order valence-corrected chi connectivity index (χ0v) is 11.9. The molecule has 0 atom stereocenters. The van der Waals surface area contributed by atoms with Gasteiger partial charge in [-0.2, -0.15) is 0 Å². The molecule has 1 N–H and O–H groups in total. The van der Waals surface area contributed by atoms with Crippen LogP contribution >= 0.6 is 0 Å². The molecule has 0 spiro atoms. The number of carbonyl (C=O) groups is 1. The third-order valence-electron chi connectivity index (χ3n) is 2.79. The molecule has 0 rings (SSSR count). The van der Waals surface area contributed by atoms with E-state index in [0.29, 0.717) is 13.2 Å². The van der Waals surface area contributed by atoms with Gasteiger partial charge < -0.3 is 14.6 Å². The van der Waals surface area contributed by atoms with Gasteiger partial charge in [-0.05, 0) is 32.1 Å². The summed E-state index contributed by atoms with van der Waals surface area (Å²) in [6, 6.07) is 0. The maximum atomic E-state index is 10.7. The average molecular weight is 272 g/mol. The minimum absolute atomic E-state index is 0.295. The van der Waals surface area contributed by atoms with Crippen molar-refractivity contribution in [2.75, 3.05) is 26.4 Å². The molecule has 112 valence electrons. The molecule has 0 aliphatic rings. The van der Waals surface area contributed by atoms with E-state index in [1.165, 1.54) is 6.08 Å². The van der Waals surface area contributed by atoms with Crippen molar-refractivity contribution < 1.29 is 19.4 Å². The van der Waals surface area contributed by atoms with Gasteiger partial charge in [0.1, 0.15) is 0 Å². The number of esters is 1. The van der Waals surface area contributed by atoms with E-state index in [2.05, 4.69) is 6.58 Å². The lowest BCUT2D eigenvalue weighted by Crippen LogP contribution is -2.02. The molecule has 0 unspecified atom stereocenters. The van der Waals surface area contributed by atoms with Gasteiger partial charge in [-0.3, -0.25) is 0 Å². The summed E-state index contributed by atoms with van der Waals surface area (Å²) in [5, 5.41) is 8.61. The van der Waals surface area contributed by atoms with Crippen molar-refractivity contribution in [1.29, 1.82) is 0 Å². The maximum Gasteiger partial charge on any atom is 0.330 e. The van der Waals surface area contributed by atoms with Crippen LogP contribution in [0, 0.1) is 0 Å². The fourth-order valence-corrected chi connectivity index (χ4v) is 1.66. The first-order valence-corrected chi connectivity index (χ1v) is 7.29. The van der Waals surface area contributed by atoms with Gasteiger partial charge in [-0.25, -0.2) is 4.79 Å². The molecule has 0 aromatic rings. The summed E-state index contributed by atoms with van der Waals surface area (Å²) in [5.41, 5.74) is 0. The molecule has 0 bridgehead atoms. The summed E-state index contributed by atoms with van der Waals surface area (Å²) in [5.74, 6) is -0.343. The quantitative estimate of drug-likeness (QED) is 0.300. The number of aliphatic hydroxyl groups is 1. The van der Waals surface area contributed by atoms with E-state index in [9.17, 15) is 4.79 Å². The van der Waals surface area contributed by atoms with E-state index >= 15 is 0 Å². The van der Waals surface area contributed by atoms with Crippen LogP contribution in [-0.2, 0) is 14.3 Å². The summed E-state index contributed by atoms with van der Waals surface area (Å²) in [6.07, 6.45) is 9.52. The summed E-state index contributed by atoms with van der Waals surface area (Å²) in [6.45, 7) is 5.75. The number of rotatable bonds is 14. The highest BCUT2D eigenvalue weighted by atomic mass is 16.5. The summed E-state index contributed by atoms with van der Waals surface area (Å²) >= 11 is 0. The minimum atomic E-state index is -0.343. The van der Waals surface area contributed by atoms with Crippen LogP contribution in [-0.4, -0.2) is 37.5 Å². The van der Waals surface area contributed by atoms with Crippen LogP contribution < -0.4 is 0 Å². The minimum Gasteiger partial charge on any atom is -0.463 e. The van der Waals surface area contributed by atoms with Crippen LogP contribution in [0.5, 0.6) is 0 Å². The fraction of sp³-hybridized carbons (Fsp3) is 0.800. The number of ether oxygens (including phenoxy) is 2. The number of carbonyl (C=O) groups excluding carboxylic acids is 1. The van der Waals surface area contributed by atoms with Crippen LogP contribution in [0.2, 0.25) is 0 Å². The first-order chi connectivity index (χ1) is 9.31. The second-order valence-electron chi connectivity index (χ2n) is 4.54. The summed E-state index contributed by atoms with van der Waals surface area (Å²) < 4.78 is 10.4. The summed E-state index contributed by atoms with van der Waals surface area (Å²) in [7, 11) is 0. The third kappa shape index (κ3) is 15.1. The molecule has 19 heavy (non-hydrogen) atoms. The molecule has 0 heterocycles. The van der Waals surface area contributed by atoms with Crippen LogP contribution in [0.1, 0.15) is 51.4 Å². The number of hydrogen-bond acceptors (Lipinski definition) is 4. The lowest BCUT2D eigenvalue weighted by molar-refractivity contribution is -0.137. The molecular formula is C15H28O4. The Morgan fingerprint density at radius 3 is 1.95 bits per heavy atom. The normalized spacial score (nSPS) is 10.4. The van der Waals surface area contributed by atoms with Crippen molar-refractivity contribution in [2.45, 2.75) is 51.4 Å². The molecular weight excluding hydrogens is 244 g/mol. The SMILES string of the molecule is C=CC(=O)OCCCCCCOCCCCCCO. The predicted molar refractivity (Wildman–Crippen MR) is 76.0 cm³/mol. The molecule has 4 heteroatoms. The van der Waals surface area contributed by atoms with E-state index in [1.54, 1.807) is 0 Å².